The largest absolute Gasteiger partial charge is 0.382 e. The normalized spacial score (nSPS) is 15.3. The third-order valence-corrected chi connectivity index (χ3v) is 3.70. The Bertz CT molecular complexity index is 618. The van der Waals surface area contributed by atoms with Gasteiger partial charge in [-0.05, 0) is 19.1 Å². The summed E-state index contributed by atoms with van der Waals surface area (Å²) in [6, 6.07) is 4.15. The maximum Gasteiger partial charge on any atom is 0.222 e. The molecular weight excluding hydrogens is 266 g/mol. The molecule has 0 saturated carbocycles. The molecule has 3 heterocycles. The van der Waals surface area contributed by atoms with Gasteiger partial charge in [-0.3, -0.25) is 4.98 Å². The van der Waals surface area contributed by atoms with Crippen LogP contribution in [-0.4, -0.2) is 41.1 Å². The van der Waals surface area contributed by atoms with E-state index in [0.29, 0.717) is 5.82 Å². The molecule has 4 N–H and O–H groups in total. The van der Waals surface area contributed by atoms with Gasteiger partial charge in [0.05, 0.1) is 23.8 Å². The molecule has 1 fully saturated rings. The lowest BCUT2D eigenvalue weighted by molar-refractivity contribution is 0.651. The van der Waals surface area contributed by atoms with Crippen LogP contribution in [0.25, 0.3) is 0 Å². The summed E-state index contributed by atoms with van der Waals surface area (Å²) < 4.78 is 0. The van der Waals surface area contributed by atoms with Crippen LogP contribution in [0.4, 0.5) is 23.1 Å². The first-order valence-corrected chi connectivity index (χ1v) is 6.94. The standard InChI is InChI=1S/C14H19N7/c1-10-2-3-11(8-17-10)20-4-6-21(7-5-20)12-9-18-14(16)19-13(12)15/h2-3,8-9H,4-7H2,1H3,(H4,15,16,18,19). The minimum Gasteiger partial charge on any atom is -0.382 e. The van der Waals surface area contributed by atoms with Gasteiger partial charge in [-0.15, -0.1) is 0 Å². The van der Waals surface area contributed by atoms with E-state index in [9.17, 15) is 0 Å². The molecule has 1 saturated heterocycles. The first-order valence-electron chi connectivity index (χ1n) is 6.94. The number of hydrogen-bond acceptors (Lipinski definition) is 7. The second kappa shape index (κ2) is 5.43. The predicted molar refractivity (Wildman–Crippen MR) is 84.3 cm³/mol. The lowest BCUT2D eigenvalue weighted by Gasteiger charge is -2.37. The van der Waals surface area contributed by atoms with Gasteiger partial charge in [0.25, 0.3) is 0 Å². The van der Waals surface area contributed by atoms with E-state index >= 15 is 0 Å². The Kier molecular flexibility index (Phi) is 3.47. The zero-order valence-electron chi connectivity index (χ0n) is 12.0. The molecule has 0 amide bonds. The Balaban J connectivity index is 1.68. The summed E-state index contributed by atoms with van der Waals surface area (Å²) in [5, 5.41) is 0. The number of pyridine rings is 1. The minimum atomic E-state index is 0.209. The molecule has 0 bridgehead atoms. The number of aromatic nitrogens is 3. The van der Waals surface area contributed by atoms with Gasteiger partial charge in [0.2, 0.25) is 5.95 Å². The minimum absolute atomic E-state index is 0.209. The van der Waals surface area contributed by atoms with Gasteiger partial charge in [-0.1, -0.05) is 0 Å². The van der Waals surface area contributed by atoms with Gasteiger partial charge in [-0.25, -0.2) is 4.98 Å². The predicted octanol–water partition coefficient (Wildman–Crippen LogP) is 0.671. The first-order chi connectivity index (χ1) is 10.1. The highest BCUT2D eigenvalue weighted by atomic mass is 15.3. The van der Waals surface area contributed by atoms with E-state index in [0.717, 1.165) is 43.2 Å². The molecule has 0 unspecified atom stereocenters. The van der Waals surface area contributed by atoms with E-state index in [4.69, 9.17) is 11.5 Å². The fraction of sp³-hybridized carbons (Fsp3) is 0.357. The number of nitrogen functional groups attached to an aromatic ring is 2. The quantitative estimate of drug-likeness (QED) is 0.837. The van der Waals surface area contributed by atoms with Crippen LogP contribution in [0.5, 0.6) is 0 Å². The Morgan fingerprint density at radius 1 is 0.952 bits per heavy atom. The summed E-state index contributed by atoms with van der Waals surface area (Å²) in [6.07, 6.45) is 3.62. The van der Waals surface area contributed by atoms with Crippen molar-refractivity contribution >= 4 is 23.1 Å². The van der Waals surface area contributed by atoms with E-state index in [1.54, 1.807) is 6.20 Å². The second-order valence-electron chi connectivity index (χ2n) is 5.13. The highest BCUT2D eigenvalue weighted by molar-refractivity contribution is 5.64. The topological polar surface area (TPSA) is 97.2 Å². The molecule has 7 nitrogen and oxygen atoms in total. The molecule has 2 aromatic rings. The summed E-state index contributed by atoms with van der Waals surface area (Å²) in [7, 11) is 0. The van der Waals surface area contributed by atoms with Crippen LogP contribution in [0.1, 0.15) is 5.69 Å². The average molecular weight is 285 g/mol. The molecule has 1 aliphatic heterocycles. The zero-order valence-corrected chi connectivity index (χ0v) is 12.0. The fourth-order valence-corrected chi connectivity index (χ4v) is 2.50. The van der Waals surface area contributed by atoms with Gasteiger partial charge >= 0.3 is 0 Å². The van der Waals surface area contributed by atoms with Crippen LogP contribution in [0.15, 0.2) is 24.5 Å². The van der Waals surface area contributed by atoms with Gasteiger partial charge in [0.15, 0.2) is 5.82 Å². The van der Waals surface area contributed by atoms with E-state index < -0.39 is 0 Å². The molecular formula is C14H19N7. The van der Waals surface area contributed by atoms with Crippen molar-refractivity contribution in [3.63, 3.8) is 0 Å². The number of rotatable bonds is 2. The van der Waals surface area contributed by atoms with Crippen LogP contribution < -0.4 is 21.3 Å². The van der Waals surface area contributed by atoms with Crippen molar-refractivity contribution in [2.45, 2.75) is 6.92 Å². The number of nitrogens with zero attached hydrogens (tertiary/aromatic N) is 5. The Morgan fingerprint density at radius 3 is 2.29 bits per heavy atom. The summed E-state index contributed by atoms with van der Waals surface area (Å²) in [5.41, 5.74) is 14.5. The van der Waals surface area contributed by atoms with E-state index in [1.807, 2.05) is 19.2 Å². The van der Waals surface area contributed by atoms with Crippen molar-refractivity contribution in [1.29, 1.82) is 0 Å². The SMILES string of the molecule is Cc1ccc(N2CCN(c3cnc(N)nc3N)CC2)cn1. The van der Waals surface area contributed by atoms with Crippen LogP contribution in [0, 0.1) is 6.92 Å². The van der Waals surface area contributed by atoms with Crippen molar-refractivity contribution in [1.82, 2.24) is 15.0 Å². The monoisotopic (exact) mass is 285 g/mol. The molecule has 1 aliphatic rings. The molecule has 21 heavy (non-hydrogen) atoms. The molecule has 0 radical (unpaired) electrons. The van der Waals surface area contributed by atoms with Gasteiger partial charge < -0.3 is 21.3 Å². The van der Waals surface area contributed by atoms with Crippen molar-refractivity contribution < 1.29 is 0 Å². The van der Waals surface area contributed by atoms with Crippen molar-refractivity contribution in [2.75, 3.05) is 47.4 Å². The Hall–Kier alpha value is -2.57. The second-order valence-corrected chi connectivity index (χ2v) is 5.13. The van der Waals surface area contributed by atoms with Crippen LogP contribution >= 0.6 is 0 Å². The van der Waals surface area contributed by atoms with E-state index in [1.165, 1.54) is 0 Å². The average Bonchev–Trinajstić information content (AvgIpc) is 2.48. The Morgan fingerprint density at radius 2 is 1.67 bits per heavy atom. The third kappa shape index (κ3) is 2.81. The van der Waals surface area contributed by atoms with Crippen LogP contribution in [0.3, 0.4) is 0 Å². The summed E-state index contributed by atoms with van der Waals surface area (Å²) in [4.78, 5) is 16.9. The van der Waals surface area contributed by atoms with Gasteiger partial charge in [0, 0.05) is 31.9 Å². The fourth-order valence-electron chi connectivity index (χ4n) is 2.50. The van der Waals surface area contributed by atoms with Crippen molar-refractivity contribution in [3.05, 3.63) is 30.2 Å². The smallest absolute Gasteiger partial charge is 0.222 e. The number of anilines is 4. The third-order valence-electron chi connectivity index (χ3n) is 3.70. The number of aryl methyl sites for hydroxylation is 1. The summed E-state index contributed by atoms with van der Waals surface area (Å²) >= 11 is 0. The lowest BCUT2D eigenvalue weighted by Crippen LogP contribution is -2.46. The van der Waals surface area contributed by atoms with Crippen LogP contribution in [0.2, 0.25) is 0 Å². The summed E-state index contributed by atoms with van der Waals surface area (Å²) in [5.74, 6) is 0.647. The highest BCUT2D eigenvalue weighted by Gasteiger charge is 2.20. The highest BCUT2D eigenvalue weighted by Crippen LogP contribution is 2.23. The van der Waals surface area contributed by atoms with Gasteiger partial charge in [0.1, 0.15) is 0 Å². The molecule has 0 spiro atoms. The molecule has 0 aromatic carbocycles. The maximum absolute atomic E-state index is 5.92. The number of hydrogen-bond donors (Lipinski definition) is 2. The van der Waals surface area contributed by atoms with Crippen LogP contribution in [-0.2, 0) is 0 Å². The maximum atomic E-state index is 5.92. The van der Waals surface area contributed by atoms with E-state index in [2.05, 4.69) is 30.8 Å². The zero-order chi connectivity index (χ0) is 14.8. The summed E-state index contributed by atoms with van der Waals surface area (Å²) in [6.45, 7) is 5.55. The van der Waals surface area contributed by atoms with Crippen molar-refractivity contribution in [3.8, 4) is 0 Å². The molecule has 7 heteroatoms. The van der Waals surface area contributed by atoms with E-state index in [-0.39, 0.29) is 5.95 Å². The number of nitrogens with two attached hydrogens (primary N) is 2. The first kappa shape index (κ1) is 13.4. The van der Waals surface area contributed by atoms with Gasteiger partial charge in [-0.2, -0.15) is 4.98 Å². The molecule has 3 rings (SSSR count). The number of piperazine rings is 1. The Labute approximate surface area is 123 Å². The van der Waals surface area contributed by atoms with Crippen molar-refractivity contribution in [2.24, 2.45) is 0 Å². The molecule has 0 atom stereocenters. The lowest BCUT2D eigenvalue weighted by atomic mass is 10.2. The molecule has 2 aromatic heterocycles. The molecule has 110 valence electrons. The molecule has 0 aliphatic carbocycles.